The lowest BCUT2D eigenvalue weighted by atomic mass is 9.96. The van der Waals surface area contributed by atoms with Crippen LogP contribution in [0, 0.1) is 0 Å². The van der Waals surface area contributed by atoms with Crippen LogP contribution in [0.3, 0.4) is 0 Å². The Morgan fingerprint density at radius 1 is 1.03 bits per heavy atom. The molecule has 1 unspecified atom stereocenters. The topological polar surface area (TPSA) is 64.6 Å². The minimum absolute atomic E-state index is 0.108. The van der Waals surface area contributed by atoms with E-state index >= 15 is 0 Å². The van der Waals surface area contributed by atoms with Gasteiger partial charge in [0.05, 0.1) is 30.9 Å². The molecule has 0 amide bonds. The van der Waals surface area contributed by atoms with Crippen LogP contribution < -0.4 is 14.2 Å². The lowest BCUT2D eigenvalue weighted by Crippen LogP contribution is -2.15. The van der Waals surface area contributed by atoms with Crippen molar-refractivity contribution in [1.29, 1.82) is 0 Å². The fourth-order valence-electron chi connectivity index (χ4n) is 3.62. The zero-order valence-corrected chi connectivity index (χ0v) is 20.4. The molecule has 3 rings (SSSR count). The molecule has 1 heterocycles. The average Bonchev–Trinajstić information content (AvgIpc) is 3.34. The van der Waals surface area contributed by atoms with E-state index in [1.54, 1.807) is 21.3 Å². The van der Waals surface area contributed by atoms with Crippen LogP contribution in [0.25, 0.3) is 11.1 Å². The number of hydrogen-bond acceptors (Lipinski definition) is 7. The van der Waals surface area contributed by atoms with Crippen LogP contribution in [0.2, 0.25) is 0 Å². The Morgan fingerprint density at radius 2 is 1.81 bits per heavy atom. The molecule has 1 fully saturated rings. The highest BCUT2D eigenvalue weighted by Gasteiger charge is 2.21. The van der Waals surface area contributed by atoms with Crippen LogP contribution in [-0.2, 0) is 25.4 Å². The van der Waals surface area contributed by atoms with Gasteiger partial charge < -0.3 is 33.2 Å². The minimum atomic E-state index is 0.108. The molecule has 1 saturated heterocycles. The first-order valence-corrected chi connectivity index (χ1v) is 11.4. The molecule has 0 radical (unpaired) electrons. The van der Waals surface area contributed by atoms with Gasteiger partial charge >= 0.3 is 0 Å². The molecule has 0 bridgehead atoms. The molecule has 0 N–H and O–H groups in total. The van der Waals surface area contributed by atoms with Crippen molar-refractivity contribution in [3.63, 3.8) is 0 Å². The van der Waals surface area contributed by atoms with Crippen molar-refractivity contribution in [2.75, 3.05) is 54.7 Å². The maximum Gasteiger partial charge on any atom is 0.188 e. The average molecular weight is 511 g/mol. The summed E-state index contributed by atoms with van der Waals surface area (Å²) < 4.78 is 39.9. The van der Waals surface area contributed by atoms with E-state index in [0.717, 1.165) is 46.4 Å². The Labute approximate surface area is 198 Å². The molecular formula is C24H31BrO7. The molecule has 32 heavy (non-hydrogen) atoms. The van der Waals surface area contributed by atoms with Crippen LogP contribution in [0.5, 0.6) is 17.2 Å². The number of halogens is 1. The first-order valence-electron chi connectivity index (χ1n) is 10.6. The van der Waals surface area contributed by atoms with E-state index in [1.165, 1.54) is 0 Å². The van der Waals surface area contributed by atoms with E-state index < -0.39 is 0 Å². The molecule has 8 heteroatoms. The molecule has 2 aromatic carbocycles. The van der Waals surface area contributed by atoms with E-state index in [4.69, 9.17) is 33.2 Å². The number of ether oxygens (including phenoxy) is 7. The van der Waals surface area contributed by atoms with Gasteiger partial charge in [-0.2, -0.15) is 0 Å². The number of hydrogen-bond donors (Lipinski definition) is 0. The van der Waals surface area contributed by atoms with E-state index in [9.17, 15) is 0 Å². The summed E-state index contributed by atoms with van der Waals surface area (Å²) >= 11 is 3.74. The predicted octanol–water partition coefficient (Wildman–Crippen LogP) is 4.83. The summed E-state index contributed by atoms with van der Waals surface area (Å²) in [5.74, 6) is 2.03. The second kappa shape index (κ2) is 13.0. The molecule has 1 aliphatic rings. The first kappa shape index (κ1) is 24.8. The van der Waals surface area contributed by atoms with Crippen molar-refractivity contribution in [1.82, 2.24) is 0 Å². The van der Waals surface area contributed by atoms with Gasteiger partial charge in [0.2, 0.25) is 0 Å². The molecule has 0 spiro atoms. The monoisotopic (exact) mass is 510 g/mol. The van der Waals surface area contributed by atoms with Crippen molar-refractivity contribution in [3.8, 4) is 28.4 Å². The zero-order chi connectivity index (χ0) is 22.8. The molecule has 0 saturated carbocycles. The highest BCUT2D eigenvalue weighted by Crippen LogP contribution is 2.44. The standard InChI is InChI=1S/C24H31BrO7/c1-26-15-31-21-13-22(32-16-27-2)24(25)20(9-11-29-14-19-8-5-10-30-19)23(21)17-6-4-7-18(12-17)28-3/h4,6-7,12-13,19H,5,8-11,14-16H2,1-3H3. The quantitative estimate of drug-likeness (QED) is 0.282. The maximum absolute atomic E-state index is 5.95. The summed E-state index contributed by atoms with van der Waals surface area (Å²) in [6.45, 7) is 2.18. The van der Waals surface area contributed by atoms with Gasteiger partial charge in [-0.25, -0.2) is 0 Å². The molecule has 176 valence electrons. The van der Waals surface area contributed by atoms with Crippen molar-refractivity contribution in [2.45, 2.75) is 25.4 Å². The van der Waals surface area contributed by atoms with Crippen LogP contribution in [0.4, 0.5) is 0 Å². The second-order valence-electron chi connectivity index (χ2n) is 7.33. The predicted molar refractivity (Wildman–Crippen MR) is 125 cm³/mol. The number of rotatable bonds is 13. The fraction of sp³-hybridized carbons (Fsp3) is 0.500. The van der Waals surface area contributed by atoms with Gasteiger partial charge in [-0.15, -0.1) is 0 Å². The van der Waals surface area contributed by atoms with Crippen molar-refractivity contribution in [2.24, 2.45) is 0 Å². The van der Waals surface area contributed by atoms with Gasteiger partial charge in [-0.1, -0.05) is 12.1 Å². The van der Waals surface area contributed by atoms with Gasteiger partial charge in [0, 0.05) is 32.5 Å². The van der Waals surface area contributed by atoms with Crippen LogP contribution in [-0.4, -0.2) is 60.8 Å². The Bertz CT molecular complexity index is 852. The number of benzene rings is 2. The van der Waals surface area contributed by atoms with Gasteiger partial charge in [0.15, 0.2) is 13.6 Å². The highest BCUT2D eigenvalue weighted by atomic mass is 79.9. The summed E-state index contributed by atoms with van der Waals surface area (Å²) in [5, 5.41) is 0. The van der Waals surface area contributed by atoms with Gasteiger partial charge in [-0.3, -0.25) is 0 Å². The van der Waals surface area contributed by atoms with E-state index in [1.807, 2.05) is 30.3 Å². The third kappa shape index (κ3) is 6.59. The van der Waals surface area contributed by atoms with E-state index in [2.05, 4.69) is 15.9 Å². The van der Waals surface area contributed by atoms with Gasteiger partial charge in [0.25, 0.3) is 0 Å². The Hall–Kier alpha value is -1.84. The molecular weight excluding hydrogens is 480 g/mol. The van der Waals surface area contributed by atoms with Gasteiger partial charge in [-0.05, 0) is 58.5 Å². The van der Waals surface area contributed by atoms with Crippen LogP contribution >= 0.6 is 15.9 Å². The molecule has 7 nitrogen and oxygen atoms in total. The van der Waals surface area contributed by atoms with Crippen molar-refractivity contribution >= 4 is 15.9 Å². The zero-order valence-electron chi connectivity index (χ0n) is 18.9. The summed E-state index contributed by atoms with van der Waals surface area (Å²) in [6, 6.07) is 9.71. The summed E-state index contributed by atoms with van der Waals surface area (Å²) in [5.41, 5.74) is 2.90. The SMILES string of the molecule is COCOc1cc(OCOC)c(-c2cccc(OC)c2)c(CCOCC2CCCO2)c1Br. The van der Waals surface area contributed by atoms with E-state index in [-0.39, 0.29) is 19.7 Å². The normalized spacial score (nSPS) is 15.7. The fourth-order valence-corrected chi connectivity index (χ4v) is 4.25. The third-order valence-electron chi connectivity index (χ3n) is 5.14. The highest BCUT2D eigenvalue weighted by molar-refractivity contribution is 9.10. The molecule has 1 aliphatic heterocycles. The first-order chi connectivity index (χ1) is 15.7. The third-order valence-corrected chi connectivity index (χ3v) is 6.01. The second-order valence-corrected chi connectivity index (χ2v) is 8.13. The van der Waals surface area contributed by atoms with Gasteiger partial charge in [0.1, 0.15) is 17.2 Å². The molecule has 0 aromatic heterocycles. The summed E-state index contributed by atoms with van der Waals surface area (Å²) in [6.07, 6.45) is 2.98. The Balaban J connectivity index is 1.95. The van der Waals surface area contributed by atoms with Crippen LogP contribution in [0.1, 0.15) is 18.4 Å². The molecule has 0 aliphatic carbocycles. The molecule has 2 aromatic rings. The largest absolute Gasteiger partial charge is 0.497 e. The lowest BCUT2D eigenvalue weighted by molar-refractivity contribution is 0.0181. The Kier molecular flexibility index (Phi) is 10.1. The van der Waals surface area contributed by atoms with E-state index in [0.29, 0.717) is 31.1 Å². The smallest absolute Gasteiger partial charge is 0.188 e. The molecule has 1 atom stereocenters. The summed E-state index contributed by atoms with van der Waals surface area (Å²) in [4.78, 5) is 0. The lowest BCUT2D eigenvalue weighted by Gasteiger charge is -2.21. The van der Waals surface area contributed by atoms with Crippen molar-refractivity contribution in [3.05, 3.63) is 40.4 Å². The van der Waals surface area contributed by atoms with Crippen LogP contribution in [0.15, 0.2) is 34.8 Å². The summed E-state index contributed by atoms with van der Waals surface area (Å²) in [7, 11) is 4.83. The minimum Gasteiger partial charge on any atom is -0.497 e. The Morgan fingerprint density at radius 3 is 2.50 bits per heavy atom. The number of methoxy groups -OCH3 is 3. The van der Waals surface area contributed by atoms with Crippen molar-refractivity contribution < 1.29 is 33.2 Å². The maximum atomic E-state index is 5.95.